The third-order valence-corrected chi connectivity index (χ3v) is 6.87. The van der Waals surface area contributed by atoms with Crippen LogP contribution in [0, 0.1) is 5.92 Å². The first-order valence-electron chi connectivity index (χ1n) is 13.8. The van der Waals surface area contributed by atoms with Gasteiger partial charge >= 0.3 is 0 Å². The highest BCUT2D eigenvalue weighted by atomic mass is 32.1. The van der Waals surface area contributed by atoms with Crippen LogP contribution >= 0.6 is 11.3 Å². The number of nitrogens with zero attached hydrogens (tertiary/aromatic N) is 4. The number of thiazole rings is 1. The van der Waals surface area contributed by atoms with E-state index in [1.807, 2.05) is 24.3 Å². The zero-order valence-corrected chi connectivity index (χ0v) is 22.6. The second kappa shape index (κ2) is 12.6. The van der Waals surface area contributed by atoms with Gasteiger partial charge in [-0.15, -0.1) is 21.5 Å². The van der Waals surface area contributed by atoms with E-state index in [4.69, 9.17) is 8.85 Å². The van der Waals surface area contributed by atoms with Crippen LogP contribution in [0.4, 0.5) is 17.2 Å². The third kappa shape index (κ3) is 7.06. The summed E-state index contributed by atoms with van der Waals surface area (Å²) in [5.74, 6) is -1.07. The van der Waals surface area contributed by atoms with Gasteiger partial charge < -0.3 is 30.9 Å². The number of aromatic nitrogens is 3. The summed E-state index contributed by atoms with van der Waals surface area (Å²) >= 11 is 1.20. The minimum absolute atomic E-state index is 0.0882. The van der Waals surface area contributed by atoms with Crippen LogP contribution in [-0.2, 0) is 4.79 Å². The molecule has 1 fully saturated rings. The standard InChI is InChI=1S/C26H32N8O4S/c1-27-25(37)21-18(13-20(32-33-21)31-23(35)15-9-10-15)30-17-8-5-7-16(22(17)38-4)26-29-14-19(39-26)24(36)28-11-6-12-34(2)3/h5,7-8,13-15H,6,9-12H2,1-4H3,(H,27,37)(H,28,36)(H2,30,31,32,35)/i1D3. The summed E-state index contributed by atoms with van der Waals surface area (Å²) in [4.78, 5) is 44.6. The van der Waals surface area contributed by atoms with Crippen LogP contribution in [0.5, 0.6) is 5.75 Å². The van der Waals surface area contributed by atoms with E-state index in [2.05, 4.69) is 31.1 Å². The molecule has 0 radical (unpaired) electrons. The largest absolute Gasteiger partial charge is 0.494 e. The maximum Gasteiger partial charge on any atom is 0.273 e. The molecule has 3 aromatic rings. The fourth-order valence-electron chi connectivity index (χ4n) is 3.71. The first-order valence-corrected chi connectivity index (χ1v) is 13.1. The van der Waals surface area contributed by atoms with E-state index < -0.39 is 12.9 Å². The molecule has 1 aliphatic carbocycles. The van der Waals surface area contributed by atoms with Gasteiger partial charge in [-0.3, -0.25) is 14.4 Å². The van der Waals surface area contributed by atoms with Gasteiger partial charge in [0.25, 0.3) is 11.8 Å². The molecule has 1 saturated carbocycles. The molecule has 3 amide bonds. The van der Waals surface area contributed by atoms with Crippen molar-refractivity contribution in [2.75, 3.05) is 51.9 Å². The van der Waals surface area contributed by atoms with Crippen LogP contribution in [0.1, 0.15) is 43.5 Å². The molecule has 0 atom stereocenters. The zero-order chi connectivity index (χ0) is 30.4. The minimum Gasteiger partial charge on any atom is -0.494 e. The lowest BCUT2D eigenvalue weighted by molar-refractivity contribution is -0.117. The monoisotopic (exact) mass is 555 g/mol. The SMILES string of the molecule is [2H]C([2H])([2H])NC(=O)c1nnc(NC(=O)C2CC2)cc1Nc1cccc(-c2ncc(C(=O)NCCCN(C)C)s2)c1OC. The van der Waals surface area contributed by atoms with Crippen molar-refractivity contribution >= 4 is 46.3 Å². The van der Waals surface area contributed by atoms with Crippen LogP contribution in [0.3, 0.4) is 0 Å². The van der Waals surface area contributed by atoms with Gasteiger partial charge in [-0.05, 0) is 52.0 Å². The Bertz CT molecular complexity index is 1460. The molecule has 0 saturated heterocycles. The van der Waals surface area contributed by atoms with Crippen molar-refractivity contribution in [1.82, 2.24) is 30.7 Å². The van der Waals surface area contributed by atoms with Crippen molar-refractivity contribution in [3.05, 3.63) is 41.0 Å². The summed E-state index contributed by atoms with van der Waals surface area (Å²) < 4.78 is 27.9. The first kappa shape index (κ1) is 24.0. The smallest absolute Gasteiger partial charge is 0.273 e. The maximum absolute atomic E-state index is 12.8. The summed E-state index contributed by atoms with van der Waals surface area (Å²) in [7, 11) is 5.40. The number of rotatable bonds is 12. The van der Waals surface area contributed by atoms with Crippen molar-refractivity contribution in [2.24, 2.45) is 5.92 Å². The highest BCUT2D eigenvalue weighted by molar-refractivity contribution is 7.17. The molecule has 1 aromatic carbocycles. The molecule has 2 aromatic heterocycles. The molecule has 0 spiro atoms. The van der Waals surface area contributed by atoms with Crippen LogP contribution in [0.2, 0.25) is 0 Å². The number of carbonyl (C=O) groups is 3. The lowest BCUT2D eigenvalue weighted by atomic mass is 10.1. The molecule has 1 aliphatic rings. The van der Waals surface area contributed by atoms with Gasteiger partial charge in [0, 0.05) is 29.6 Å². The summed E-state index contributed by atoms with van der Waals surface area (Å²) in [6, 6.07) is 6.59. The van der Waals surface area contributed by atoms with E-state index in [0.717, 1.165) is 25.8 Å². The van der Waals surface area contributed by atoms with Gasteiger partial charge in [0.2, 0.25) is 5.91 Å². The number of methoxy groups -OCH3 is 1. The number of benzene rings is 1. The summed E-state index contributed by atoms with van der Waals surface area (Å²) in [5, 5.41) is 18.9. The number of hydrogen-bond donors (Lipinski definition) is 4. The highest BCUT2D eigenvalue weighted by Gasteiger charge is 2.30. The van der Waals surface area contributed by atoms with Crippen molar-refractivity contribution in [1.29, 1.82) is 0 Å². The normalized spacial score (nSPS) is 14.1. The van der Waals surface area contributed by atoms with E-state index >= 15 is 0 Å². The molecule has 4 rings (SSSR count). The zero-order valence-electron chi connectivity index (χ0n) is 24.8. The van der Waals surface area contributed by atoms with E-state index in [1.165, 1.54) is 30.7 Å². The van der Waals surface area contributed by atoms with Crippen molar-refractivity contribution in [3.8, 4) is 16.3 Å². The van der Waals surface area contributed by atoms with Crippen LogP contribution in [-0.4, -0.2) is 79.1 Å². The second-order valence-corrected chi connectivity index (χ2v) is 10.2. The van der Waals surface area contributed by atoms with Gasteiger partial charge in [0.05, 0.1) is 30.2 Å². The summed E-state index contributed by atoms with van der Waals surface area (Å²) in [6.07, 6.45) is 3.88. The highest BCUT2D eigenvalue weighted by Crippen LogP contribution is 2.40. The molecule has 206 valence electrons. The lowest BCUT2D eigenvalue weighted by Crippen LogP contribution is -2.26. The molecule has 2 heterocycles. The topological polar surface area (TPSA) is 150 Å². The Morgan fingerprint density at radius 3 is 2.72 bits per heavy atom. The van der Waals surface area contributed by atoms with E-state index in [9.17, 15) is 14.4 Å². The summed E-state index contributed by atoms with van der Waals surface area (Å²) in [5.41, 5.74) is 0.767. The molecule has 39 heavy (non-hydrogen) atoms. The van der Waals surface area contributed by atoms with E-state index in [-0.39, 0.29) is 34.9 Å². The Labute approximate surface area is 234 Å². The van der Waals surface area contributed by atoms with E-state index in [0.29, 0.717) is 33.4 Å². The van der Waals surface area contributed by atoms with Gasteiger partial charge in [-0.25, -0.2) is 4.98 Å². The molecule has 4 N–H and O–H groups in total. The number of anilines is 3. The van der Waals surface area contributed by atoms with Gasteiger partial charge in [-0.2, -0.15) is 0 Å². The maximum atomic E-state index is 12.8. The number of para-hydroxylation sites is 1. The Hall–Kier alpha value is -4.10. The van der Waals surface area contributed by atoms with Gasteiger partial charge in [0.1, 0.15) is 9.88 Å². The molecular weight excluding hydrogens is 520 g/mol. The summed E-state index contributed by atoms with van der Waals surface area (Å²) in [6.45, 7) is -1.37. The molecular formula is C26H32N8O4S. The number of ether oxygens (including phenoxy) is 1. The predicted molar refractivity (Wildman–Crippen MR) is 150 cm³/mol. The number of nitrogens with one attached hydrogen (secondary N) is 4. The lowest BCUT2D eigenvalue weighted by Gasteiger charge is -2.16. The third-order valence-electron chi connectivity index (χ3n) is 5.84. The quantitative estimate of drug-likeness (QED) is 0.247. The second-order valence-electron chi connectivity index (χ2n) is 9.16. The minimum atomic E-state index is -2.76. The Morgan fingerprint density at radius 1 is 1.18 bits per heavy atom. The van der Waals surface area contributed by atoms with Gasteiger partial charge in [-0.1, -0.05) is 6.07 Å². The van der Waals surface area contributed by atoms with Crippen LogP contribution < -0.4 is 26.0 Å². The van der Waals surface area contributed by atoms with E-state index in [1.54, 1.807) is 18.2 Å². The first-order chi connectivity index (χ1) is 19.9. The fourth-order valence-corrected chi connectivity index (χ4v) is 4.56. The fraction of sp³-hybridized carbons (Fsp3) is 0.385. The van der Waals surface area contributed by atoms with Crippen LogP contribution in [0.25, 0.3) is 10.6 Å². The van der Waals surface area contributed by atoms with Crippen molar-refractivity contribution in [2.45, 2.75) is 19.3 Å². The molecule has 0 bridgehead atoms. The Balaban J connectivity index is 1.61. The molecule has 0 aliphatic heterocycles. The Morgan fingerprint density at radius 2 is 2.00 bits per heavy atom. The van der Waals surface area contributed by atoms with Crippen LogP contribution in [0.15, 0.2) is 30.5 Å². The average Bonchev–Trinajstić information content (AvgIpc) is 3.66. The Kier molecular flexibility index (Phi) is 7.76. The van der Waals surface area contributed by atoms with Gasteiger partial charge in [0.15, 0.2) is 17.3 Å². The number of carbonyl (C=O) groups excluding carboxylic acids is 3. The molecule has 13 heteroatoms. The predicted octanol–water partition coefficient (Wildman–Crippen LogP) is 2.74. The average molecular weight is 556 g/mol. The van der Waals surface area contributed by atoms with Crippen molar-refractivity contribution in [3.63, 3.8) is 0 Å². The number of hydrogen-bond acceptors (Lipinski definition) is 10. The number of amides is 3. The molecule has 12 nitrogen and oxygen atoms in total. The van der Waals surface area contributed by atoms with Crippen molar-refractivity contribution < 1.29 is 23.2 Å². The molecule has 0 unspecified atom stereocenters.